The van der Waals surface area contributed by atoms with E-state index in [1.807, 2.05) is 48.5 Å². The molecular formula is C17H20ClNO2S. The Kier molecular flexibility index (Phi) is 6.43. The van der Waals surface area contributed by atoms with Gasteiger partial charge in [0.25, 0.3) is 0 Å². The molecule has 118 valence electrons. The molecule has 0 bridgehead atoms. The average molecular weight is 338 g/mol. The summed E-state index contributed by atoms with van der Waals surface area (Å²) >= 11 is 6.26. The van der Waals surface area contributed by atoms with Crippen molar-refractivity contribution in [2.45, 2.75) is 12.6 Å². The number of rotatable bonds is 7. The molecule has 0 unspecified atom stereocenters. The largest absolute Gasteiger partial charge is 0.496 e. The molecule has 3 nitrogen and oxygen atoms in total. The summed E-state index contributed by atoms with van der Waals surface area (Å²) in [6.45, 7) is 0.555. The Bertz CT molecular complexity index is 634. The van der Waals surface area contributed by atoms with Gasteiger partial charge >= 0.3 is 0 Å². The highest BCUT2D eigenvalue weighted by atomic mass is 35.5. The van der Waals surface area contributed by atoms with Gasteiger partial charge in [-0.05, 0) is 17.7 Å². The fourth-order valence-corrected chi connectivity index (χ4v) is 3.33. The SMILES string of the molecule is COc1cccc(Cl)c1CN[C@H](C[S@](C)=O)c1ccccc1. The fourth-order valence-electron chi connectivity index (χ4n) is 2.32. The normalized spacial score (nSPS) is 13.6. The lowest BCUT2D eigenvalue weighted by Crippen LogP contribution is -2.26. The quantitative estimate of drug-likeness (QED) is 0.839. The minimum Gasteiger partial charge on any atom is -0.496 e. The van der Waals surface area contributed by atoms with Gasteiger partial charge in [-0.3, -0.25) is 4.21 Å². The molecule has 2 aromatic carbocycles. The first-order valence-electron chi connectivity index (χ1n) is 7.01. The van der Waals surface area contributed by atoms with Crippen molar-refractivity contribution in [3.05, 3.63) is 64.7 Å². The van der Waals surface area contributed by atoms with Crippen molar-refractivity contribution in [1.29, 1.82) is 0 Å². The smallest absolute Gasteiger partial charge is 0.124 e. The third kappa shape index (κ3) is 4.57. The van der Waals surface area contributed by atoms with Crippen LogP contribution in [0, 0.1) is 0 Å². The van der Waals surface area contributed by atoms with Gasteiger partial charge in [0.15, 0.2) is 0 Å². The van der Waals surface area contributed by atoms with Crippen molar-refractivity contribution in [3.8, 4) is 5.75 Å². The number of hydrogen-bond acceptors (Lipinski definition) is 3. The van der Waals surface area contributed by atoms with E-state index < -0.39 is 10.8 Å². The Morgan fingerprint density at radius 2 is 1.91 bits per heavy atom. The molecule has 5 heteroatoms. The summed E-state index contributed by atoms with van der Waals surface area (Å²) in [5.41, 5.74) is 2.03. The van der Waals surface area contributed by atoms with Gasteiger partial charge in [0, 0.05) is 46.0 Å². The van der Waals surface area contributed by atoms with Gasteiger partial charge in [0.2, 0.25) is 0 Å². The summed E-state index contributed by atoms with van der Waals surface area (Å²) < 4.78 is 17.0. The van der Waals surface area contributed by atoms with Crippen LogP contribution in [0.3, 0.4) is 0 Å². The Hall–Kier alpha value is -1.36. The molecule has 0 heterocycles. The molecule has 0 amide bonds. The van der Waals surface area contributed by atoms with Crippen LogP contribution in [0.4, 0.5) is 0 Å². The summed E-state index contributed by atoms with van der Waals surface area (Å²) in [4.78, 5) is 0. The van der Waals surface area contributed by atoms with Crippen molar-refractivity contribution in [3.63, 3.8) is 0 Å². The molecule has 0 saturated carbocycles. The molecule has 22 heavy (non-hydrogen) atoms. The van der Waals surface area contributed by atoms with Gasteiger partial charge in [-0.25, -0.2) is 0 Å². The molecule has 0 saturated heterocycles. The van der Waals surface area contributed by atoms with Crippen molar-refractivity contribution >= 4 is 22.4 Å². The lowest BCUT2D eigenvalue weighted by Gasteiger charge is -2.19. The zero-order valence-corrected chi connectivity index (χ0v) is 14.3. The number of methoxy groups -OCH3 is 1. The second kappa shape index (κ2) is 8.32. The van der Waals surface area contributed by atoms with Crippen LogP contribution in [0.15, 0.2) is 48.5 Å². The van der Waals surface area contributed by atoms with Gasteiger partial charge < -0.3 is 10.1 Å². The van der Waals surface area contributed by atoms with Crippen molar-refractivity contribution in [1.82, 2.24) is 5.32 Å². The van der Waals surface area contributed by atoms with E-state index in [-0.39, 0.29) is 6.04 Å². The maximum absolute atomic E-state index is 11.6. The van der Waals surface area contributed by atoms with E-state index in [1.54, 1.807) is 13.4 Å². The molecule has 2 atom stereocenters. The molecule has 0 fully saturated rings. The second-order valence-corrected chi connectivity index (χ2v) is 6.89. The maximum Gasteiger partial charge on any atom is 0.124 e. The first-order valence-corrected chi connectivity index (χ1v) is 9.12. The van der Waals surface area contributed by atoms with Crippen LogP contribution in [0.2, 0.25) is 5.02 Å². The van der Waals surface area contributed by atoms with Crippen LogP contribution in [-0.2, 0) is 17.3 Å². The Labute approximate surface area is 139 Å². The lowest BCUT2D eigenvalue weighted by atomic mass is 10.1. The van der Waals surface area contributed by atoms with E-state index in [9.17, 15) is 4.21 Å². The predicted molar refractivity (Wildman–Crippen MR) is 93.0 cm³/mol. The molecule has 2 aromatic rings. The average Bonchev–Trinajstić information content (AvgIpc) is 2.52. The molecule has 0 spiro atoms. The van der Waals surface area contributed by atoms with Gasteiger partial charge in [0.1, 0.15) is 5.75 Å². The molecule has 0 aliphatic rings. The third-order valence-electron chi connectivity index (χ3n) is 3.42. The second-order valence-electron chi connectivity index (χ2n) is 5.00. The van der Waals surface area contributed by atoms with Crippen LogP contribution in [0.1, 0.15) is 17.2 Å². The van der Waals surface area contributed by atoms with E-state index in [4.69, 9.17) is 16.3 Å². The number of ether oxygens (including phenoxy) is 1. The maximum atomic E-state index is 11.6. The van der Waals surface area contributed by atoms with E-state index in [1.165, 1.54) is 0 Å². The van der Waals surface area contributed by atoms with Crippen molar-refractivity contribution in [2.24, 2.45) is 0 Å². The highest BCUT2D eigenvalue weighted by Crippen LogP contribution is 2.27. The first-order chi connectivity index (χ1) is 10.6. The van der Waals surface area contributed by atoms with Crippen LogP contribution >= 0.6 is 11.6 Å². The molecule has 0 aliphatic heterocycles. The first kappa shape index (κ1) is 17.0. The third-order valence-corrected chi connectivity index (χ3v) is 4.58. The molecule has 2 rings (SSSR count). The highest BCUT2D eigenvalue weighted by molar-refractivity contribution is 7.84. The number of nitrogens with one attached hydrogen (secondary N) is 1. The monoisotopic (exact) mass is 337 g/mol. The summed E-state index contributed by atoms with van der Waals surface area (Å²) in [5.74, 6) is 1.31. The highest BCUT2D eigenvalue weighted by Gasteiger charge is 2.15. The molecular weight excluding hydrogens is 318 g/mol. The van der Waals surface area contributed by atoms with E-state index in [2.05, 4.69) is 5.32 Å². The van der Waals surface area contributed by atoms with E-state index in [0.29, 0.717) is 17.3 Å². The molecule has 0 aromatic heterocycles. The number of benzene rings is 2. The predicted octanol–water partition coefficient (Wildman–Crippen LogP) is 3.56. The minimum absolute atomic E-state index is 0.00742. The summed E-state index contributed by atoms with van der Waals surface area (Å²) in [5, 5.41) is 4.10. The molecule has 0 radical (unpaired) electrons. The zero-order chi connectivity index (χ0) is 15.9. The van der Waals surface area contributed by atoms with Crippen molar-refractivity contribution in [2.75, 3.05) is 19.1 Å². The molecule has 1 N–H and O–H groups in total. The van der Waals surface area contributed by atoms with Gasteiger partial charge in [-0.1, -0.05) is 48.0 Å². The summed E-state index contributed by atoms with van der Waals surface area (Å²) in [7, 11) is 0.737. The number of hydrogen-bond donors (Lipinski definition) is 1. The standard InChI is InChI=1S/C17H20ClNO2S/c1-21-17-10-6-9-15(18)14(17)11-19-16(12-22(2)20)13-7-4-3-5-8-13/h3-10,16,19H,11-12H2,1-2H3/t16-,22+/m1/s1. The topological polar surface area (TPSA) is 38.3 Å². The fraction of sp³-hybridized carbons (Fsp3) is 0.294. The Morgan fingerprint density at radius 3 is 2.55 bits per heavy atom. The van der Waals surface area contributed by atoms with Gasteiger partial charge in [0.05, 0.1) is 7.11 Å². The zero-order valence-electron chi connectivity index (χ0n) is 12.7. The van der Waals surface area contributed by atoms with Crippen LogP contribution < -0.4 is 10.1 Å². The Morgan fingerprint density at radius 1 is 1.18 bits per heavy atom. The van der Waals surface area contributed by atoms with Gasteiger partial charge in [-0.15, -0.1) is 0 Å². The lowest BCUT2D eigenvalue weighted by molar-refractivity contribution is 0.406. The van der Waals surface area contributed by atoms with E-state index >= 15 is 0 Å². The van der Waals surface area contributed by atoms with Crippen LogP contribution in [-0.4, -0.2) is 23.3 Å². The summed E-state index contributed by atoms with van der Waals surface area (Å²) in [6, 6.07) is 15.6. The Balaban J connectivity index is 2.17. The molecule has 0 aliphatic carbocycles. The van der Waals surface area contributed by atoms with Crippen LogP contribution in [0.5, 0.6) is 5.75 Å². The summed E-state index contributed by atoms with van der Waals surface area (Å²) in [6.07, 6.45) is 1.72. The van der Waals surface area contributed by atoms with E-state index in [0.717, 1.165) is 16.9 Å². The van der Waals surface area contributed by atoms with Gasteiger partial charge in [-0.2, -0.15) is 0 Å². The minimum atomic E-state index is -0.893. The van der Waals surface area contributed by atoms with Crippen LogP contribution in [0.25, 0.3) is 0 Å². The van der Waals surface area contributed by atoms with Crippen molar-refractivity contribution < 1.29 is 8.95 Å². The number of halogens is 1.